The van der Waals surface area contributed by atoms with Crippen molar-refractivity contribution in [3.8, 4) is 5.75 Å². The maximum absolute atomic E-state index is 12.8. The van der Waals surface area contributed by atoms with Gasteiger partial charge in [-0.1, -0.05) is 18.2 Å². The molecular formula is C21H27N3O3. The summed E-state index contributed by atoms with van der Waals surface area (Å²) in [4.78, 5) is 22.0. The highest BCUT2D eigenvalue weighted by molar-refractivity contribution is 5.84. The zero-order valence-corrected chi connectivity index (χ0v) is 16.1. The van der Waals surface area contributed by atoms with Crippen molar-refractivity contribution >= 4 is 16.8 Å². The van der Waals surface area contributed by atoms with Gasteiger partial charge in [0.1, 0.15) is 11.3 Å². The topological polar surface area (TPSA) is 54.9 Å². The highest BCUT2D eigenvalue weighted by atomic mass is 16.5. The molecule has 0 unspecified atom stereocenters. The lowest BCUT2D eigenvalue weighted by atomic mass is 9.94. The molecule has 2 aromatic rings. The molecule has 0 radical (unpaired) electrons. The van der Waals surface area contributed by atoms with Crippen LogP contribution in [0.5, 0.6) is 5.75 Å². The van der Waals surface area contributed by atoms with E-state index in [0.29, 0.717) is 19.1 Å². The Morgan fingerprint density at radius 1 is 1.15 bits per heavy atom. The second-order valence-corrected chi connectivity index (χ2v) is 7.48. The Morgan fingerprint density at radius 2 is 2.04 bits per heavy atom. The van der Waals surface area contributed by atoms with Gasteiger partial charge in [0, 0.05) is 44.7 Å². The third-order valence-corrected chi connectivity index (χ3v) is 5.75. The van der Waals surface area contributed by atoms with Crippen LogP contribution in [0.3, 0.4) is 0 Å². The Balaban J connectivity index is 1.53. The molecule has 4 heterocycles. The molecule has 0 saturated carbocycles. The zero-order chi connectivity index (χ0) is 18.8. The Bertz CT molecular complexity index is 825. The van der Waals surface area contributed by atoms with Crippen LogP contribution in [0.15, 0.2) is 30.3 Å². The summed E-state index contributed by atoms with van der Waals surface area (Å²) in [6.07, 6.45) is 2.07. The molecule has 3 saturated heterocycles. The Morgan fingerprint density at radius 3 is 2.85 bits per heavy atom. The molecule has 3 fully saturated rings. The maximum Gasteiger partial charge on any atom is 0.227 e. The monoisotopic (exact) mass is 369 g/mol. The van der Waals surface area contributed by atoms with Gasteiger partial charge in [0.15, 0.2) is 0 Å². The van der Waals surface area contributed by atoms with Gasteiger partial charge in [0.05, 0.1) is 25.3 Å². The van der Waals surface area contributed by atoms with Crippen LogP contribution in [-0.4, -0.2) is 67.2 Å². The molecule has 1 aromatic heterocycles. The lowest BCUT2D eigenvalue weighted by Crippen LogP contribution is -2.49. The van der Waals surface area contributed by atoms with E-state index in [2.05, 4.69) is 17.0 Å². The van der Waals surface area contributed by atoms with Crippen molar-refractivity contribution in [2.24, 2.45) is 5.92 Å². The van der Waals surface area contributed by atoms with E-state index in [1.165, 1.54) is 0 Å². The highest BCUT2D eigenvalue weighted by Gasteiger charge is 2.40. The molecule has 3 aliphatic heterocycles. The highest BCUT2D eigenvalue weighted by Crippen LogP contribution is 2.30. The quantitative estimate of drug-likeness (QED) is 0.782. The molecular weight excluding hydrogens is 342 g/mol. The van der Waals surface area contributed by atoms with Crippen LogP contribution < -0.4 is 4.74 Å². The Kier molecular flexibility index (Phi) is 5.27. The second-order valence-electron chi connectivity index (χ2n) is 7.48. The Labute approximate surface area is 160 Å². The number of para-hydroxylation sites is 1. The van der Waals surface area contributed by atoms with Gasteiger partial charge in [-0.2, -0.15) is 0 Å². The largest absolute Gasteiger partial charge is 0.494 e. The van der Waals surface area contributed by atoms with Gasteiger partial charge in [-0.15, -0.1) is 0 Å². The van der Waals surface area contributed by atoms with E-state index in [1.54, 1.807) is 14.2 Å². The van der Waals surface area contributed by atoms with Gasteiger partial charge in [-0.25, -0.2) is 4.98 Å². The van der Waals surface area contributed by atoms with Gasteiger partial charge >= 0.3 is 0 Å². The summed E-state index contributed by atoms with van der Waals surface area (Å²) >= 11 is 0. The van der Waals surface area contributed by atoms with E-state index >= 15 is 0 Å². The van der Waals surface area contributed by atoms with Crippen LogP contribution in [-0.2, 0) is 16.1 Å². The smallest absolute Gasteiger partial charge is 0.227 e. The first kappa shape index (κ1) is 18.2. The van der Waals surface area contributed by atoms with Crippen molar-refractivity contribution < 1.29 is 14.3 Å². The maximum atomic E-state index is 12.8. The molecule has 144 valence electrons. The lowest BCUT2D eigenvalue weighted by molar-refractivity contribution is -0.140. The Hall–Kier alpha value is -2.18. The number of nitrogens with zero attached hydrogens (tertiary/aromatic N) is 3. The number of hydrogen-bond donors (Lipinski definition) is 0. The molecule has 2 atom stereocenters. The number of amides is 1. The lowest BCUT2D eigenvalue weighted by Gasteiger charge is -2.35. The fourth-order valence-corrected chi connectivity index (χ4v) is 4.38. The first-order valence-electron chi connectivity index (χ1n) is 9.64. The van der Waals surface area contributed by atoms with Crippen molar-refractivity contribution in [3.05, 3.63) is 36.0 Å². The molecule has 1 aromatic carbocycles. The number of hydrogen-bond acceptors (Lipinski definition) is 5. The van der Waals surface area contributed by atoms with Crippen LogP contribution in [0.1, 0.15) is 18.5 Å². The number of carbonyl (C=O) groups is 1. The van der Waals surface area contributed by atoms with Crippen LogP contribution in [0.25, 0.3) is 10.9 Å². The number of fused-ring (bicyclic) bond motifs is 5. The summed E-state index contributed by atoms with van der Waals surface area (Å²) in [6, 6.07) is 10.4. The summed E-state index contributed by atoms with van der Waals surface area (Å²) < 4.78 is 10.7. The van der Waals surface area contributed by atoms with E-state index in [0.717, 1.165) is 54.8 Å². The van der Waals surface area contributed by atoms with Gasteiger partial charge < -0.3 is 14.4 Å². The summed E-state index contributed by atoms with van der Waals surface area (Å²) in [7, 11) is 3.36. The van der Waals surface area contributed by atoms with Crippen molar-refractivity contribution in [2.75, 3.05) is 40.5 Å². The minimum absolute atomic E-state index is 0.0931. The first-order valence-corrected chi connectivity index (χ1v) is 9.64. The fraction of sp³-hybridized carbons (Fsp3) is 0.524. The van der Waals surface area contributed by atoms with Crippen molar-refractivity contribution in [1.82, 2.24) is 14.8 Å². The summed E-state index contributed by atoms with van der Waals surface area (Å²) in [5, 5.41) is 1.08. The number of ether oxygens (including phenoxy) is 2. The standard InChI is InChI=1S/C21H27N3O3/c1-26-11-10-24-18-9-7-16(21(24)25)12-23(14-18)13-17-8-6-15-4-3-5-19(27-2)20(15)22-17/h3-6,8,16,18H,7,9-14H2,1-2H3/t16-,18+/m0/s1. The third-order valence-electron chi connectivity index (χ3n) is 5.75. The van der Waals surface area contributed by atoms with E-state index in [9.17, 15) is 4.79 Å². The van der Waals surface area contributed by atoms with Crippen LogP contribution in [0.4, 0.5) is 0 Å². The van der Waals surface area contributed by atoms with Crippen molar-refractivity contribution in [2.45, 2.75) is 25.4 Å². The van der Waals surface area contributed by atoms with E-state index in [-0.39, 0.29) is 12.0 Å². The molecule has 3 aliphatic rings. The van der Waals surface area contributed by atoms with Gasteiger partial charge in [-0.05, 0) is 25.0 Å². The number of methoxy groups -OCH3 is 2. The van der Waals surface area contributed by atoms with E-state index < -0.39 is 0 Å². The average Bonchev–Trinajstić information content (AvgIpc) is 2.96. The first-order chi connectivity index (χ1) is 13.2. The number of benzene rings is 1. The number of pyridine rings is 1. The van der Waals surface area contributed by atoms with Gasteiger partial charge in [0.2, 0.25) is 5.91 Å². The zero-order valence-electron chi connectivity index (χ0n) is 16.1. The summed E-state index contributed by atoms with van der Waals surface area (Å²) in [5.41, 5.74) is 1.91. The molecule has 0 N–H and O–H groups in total. The van der Waals surface area contributed by atoms with Crippen LogP contribution in [0.2, 0.25) is 0 Å². The number of aromatic nitrogens is 1. The summed E-state index contributed by atoms with van der Waals surface area (Å²) in [5.74, 6) is 1.18. The van der Waals surface area contributed by atoms with Crippen molar-refractivity contribution in [1.29, 1.82) is 0 Å². The molecule has 1 amide bonds. The number of piperidine rings is 1. The van der Waals surface area contributed by atoms with Crippen LogP contribution in [0, 0.1) is 5.92 Å². The number of rotatable bonds is 6. The second kappa shape index (κ2) is 7.82. The molecule has 6 nitrogen and oxygen atoms in total. The molecule has 0 aliphatic carbocycles. The van der Waals surface area contributed by atoms with E-state index in [1.807, 2.05) is 23.1 Å². The fourth-order valence-electron chi connectivity index (χ4n) is 4.38. The normalized spacial score (nSPS) is 23.0. The number of carbonyl (C=O) groups excluding carboxylic acids is 1. The minimum Gasteiger partial charge on any atom is -0.494 e. The predicted molar refractivity (Wildman–Crippen MR) is 104 cm³/mol. The van der Waals surface area contributed by atoms with Gasteiger partial charge in [-0.3, -0.25) is 9.69 Å². The molecule has 27 heavy (non-hydrogen) atoms. The summed E-state index contributed by atoms with van der Waals surface area (Å²) in [6.45, 7) is 3.76. The minimum atomic E-state index is 0.0931. The average molecular weight is 369 g/mol. The molecule has 6 heteroatoms. The van der Waals surface area contributed by atoms with Gasteiger partial charge in [0.25, 0.3) is 0 Å². The third kappa shape index (κ3) is 3.64. The predicted octanol–water partition coefficient (Wildman–Crippen LogP) is 2.31. The van der Waals surface area contributed by atoms with Crippen molar-refractivity contribution in [3.63, 3.8) is 0 Å². The van der Waals surface area contributed by atoms with Crippen LogP contribution >= 0.6 is 0 Å². The SMILES string of the molecule is COCCN1C(=O)[C@H]2CC[C@@H]1CN(Cc1ccc3cccc(OC)c3n1)C2. The molecule has 0 spiro atoms. The molecule has 2 bridgehead atoms. The van der Waals surface area contributed by atoms with E-state index in [4.69, 9.17) is 14.5 Å². The molecule has 5 rings (SSSR count).